The standard InChI is InChI=1S/C30H41N3O5/c1-18(2)17-24(31-29(37)38-30(5,6)7)28(36)33(22-13-14-22)26(21-11-15-23(34)16-12-21)27(35)32-25-19(3)9-8-10-20(25)4/h8-12,15-16,18,22,24,26,34H,13-14,17H2,1-7H3,(H,31,37)(H,32,35). The van der Waals surface area contributed by atoms with Crippen molar-refractivity contribution in [3.05, 3.63) is 59.2 Å². The second kappa shape index (κ2) is 11.9. The summed E-state index contributed by atoms with van der Waals surface area (Å²) in [6.07, 6.45) is 1.24. The number of rotatable bonds is 9. The van der Waals surface area contributed by atoms with E-state index in [1.165, 1.54) is 12.1 Å². The monoisotopic (exact) mass is 523 g/mol. The molecule has 1 aliphatic carbocycles. The molecule has 3 N–H and O–H groups in total. The molecule has 0 heterocycles. The second-order valence-corrected chi connectivity index (χ2v) is 11.6. The number of para-hydroxylation sites is 1. The molecule has 3 amide bonds. The maximum Gasteiger partial charge on any atom is 0.408 e. The number of benzene rings is 2. The van der Waals surface area contributed by atoms with Crippen LogP contribution in [0.25, 0.3) is 0 Å². The van der Waals surface area contributed by atoms with E-state index in [9.17, 15) is 19.5 Å². The minimum absolute atomic E-state index is 0.0660. The molecule has 1 aliphatic rings. The van der Waals surface area contributed by atoms with Crippen LogP contribution in [0.1, 0.15) is 76.6 Å². The van der Waals surface area contributed by atoms with Crippen LogP contribution >= 0.6 is 0 Å². The summed E-state index contributed by atoms with van der Waals surface area (Å²) in [6.45, 7) is 13.1. The van der Waals surface area contributed by atoms with E-state index in [2.05, 4.69) is 10.6 Å². The molecule has 8 nitrogen and oxygen atoms in total. The van der Waals surface area contributed by atoms with Gasteiger partial charge in [0.2, 0.25) is 5.91 Å². The number of phenols is 1. The highest BCUT2D eigenvalue weighted by atomic mass is 16.6. The largest absolute Gasteiger partial charge is 0.508 e. The number of aromatic hydroxyl groups is 1. The number of carbonyl (C=O) groups is 3. The number of ether oxygens (including phenoxy) is 1. The van der Waals surface area contributed by atoms with Gasteiger partial charge in [-0.15, -0.1) is 0 Å². The molecule has 2 atom stereocenters. The van der Waals surface area contributed by atoms with Crippen LogP contribution in [0, 0.1) is 19.8 Å². The summed E-state index contributed by atoms with van der Waals surface area (Å²) < 4.78 is 5.44. The third kappa shape index (κ3) is 7.73. The van der Waals surface area contributed by atoms with E-state index < -0.39 is 23.8 Å². The molecule has 0 aliphatic heterocycles. The summed E-state index contributed by atoms with van der Waals surface area (Å²) in [7, 11) is 0. The van der Waals surface area contributed by atoms with Crippen molar-refractivity contribution in [1.29, 1.82) is 0 Å². The Hall–Kier alpha value is -3.55. The number of alkyl carbamates (subject to hydrolysis) is 1. The van der Waals surface area contributed by atoms with Crippen LogP contribution in [0.5, 0.6) is 5.75 Å². The first-order valence-electron chi connectivity index (χ1n) is 13.2. The molecule has 0 aromatic heterocycles. The Labute approximate surface area is 225 Å². The molecule has 0 bridgehead atoms. The van der Waals surface area contributed by atoms with Gasteiger partial charge >= 0.3 is 6.09 Å². The Bertz CT molecular complexity index is 1130. The third-order valence-electron chi connectivity index (χ3n) is 6.36. The predicted molar refractivity (Wildman–Crippen MR) is 148 cm³/mol. The van der Waals surface area contributed by atoms with Gasteiger partial charge in [0, 0.05) is 11.7 Å². The lowest BCUT2D eigenvalue weighted by Gasteiger charge is -2.35. The number of amides is 3. The summed E-state index contributed by atoms with van der Waals surface area (Å²) in [4.78, 5) is 42.4. The van der Waals surface area contributed by atoms with Gasteiger partial charge in [-0.3, -0.25) is 9.59 Å². The molecule has 2 unspecified atom stereocenters. The number of hydrogen-bond donors (Lipinski definition) is 3. The summed E-state index contributed by atoms with van der Waals surface area (Å²) in [5.74, 6) is -0.512. The van der Waals surface area contributed by atoms with Gasteiger partial charge in [-0.1, -0.05) is 44.2 Å². The van der Waals surface area contributed by atoms with Crippen LogP contribution in [0.3, 0.4) is 0 Å². The van der Waals surface area contributed by atoms with Gasteiger partial charge in [0.1, 0.15) is 23.4 Å². The first kappa shape index (κ1) is 29.0. The lowest BCUT2D eigenvalue weighted by Crippen LogP contribution is -2.53. The molecule has 206 valence electrons. The molecule has 0 spiro atoms. The van der Waals surface area contributed by atoms with Crippen molar-refractivity contribution in [3.8, 4) is 5.75 Å². The number of carbonyl (C=O) groups excluding carboxylic acids is 3. The van der Waals surface area contributed by atoms with Gasteiger partial charge in [-0.05, 0) is 88.6 Å². The van der Waals surface area contributed by atoms with E-state index in [1.807, 2.05) is 45.9 Å². The first-order chi connectivity index (χ1) is 17.8. The molecule has 38 heavy (non-hydrogen) atoms. The highest BCUT2D eigenvalue weighted by Gasteiger charge is 2.44. The SMILES string of the molecule is Cc1cccc(C)c1NC(=O)C(c1ccc(O)cc1)N(C(=O)C(CC(C)C)NC(=O)OC(C)(C)C)C1CC1. The highest BCUT2D eigenvalue weighted by Crippen LogP contribution is 2.37. The van der Waals surface area contributed by atoms with Crippen LogP contribution in [0.4, 0.5) is 10.5 Å². The molecule has 1 fully saturated rings. The Balaban J connectivity index is 2.01. The second-order valence-electron chi connectivity index (χ2n) is 11.6. The van der Waals surface area contributed by atoms with Gasteiger partial charge in [-0.2, -0.15) is 0 Å². The van der Waals surface area contributed by atoms with E-state index in [1.54, 1.807) is 37.8 Å². The molecule has 0 saturated heterocycles. The summed E-state index contributed by atoms with van der Waals surface area (Å²) in [5, 5.41) is 15.7. The van der Waals surface area contributed by atoms with Crippen LogP contribution in [0.15, 0.2) is 42.5 Å². The van der Waals surface area contributed by atoms with Crippen molar-refractivity contribution in [1.82, 2.24) is 10.2 Å². The maximum absolute atomic E-state index is 14.2. The van der Waals surface area contributed by atoms with Crippen LogP contribution in [-0.2, 0) is 14.3 Å². The van der Waals surface area contributed by atoms with Crippen molar-refractivity contribution >= 4 is 23.6 Å². The Morgan fingerprint density at radius 3 is 2.11 bits per heavy atom. The molecule has 2 aromatic carbocycles. The van der Waals surface area contributed by atoms with Gasteiger partial charge in [-0.25, -0.2) is 4.79 Å². The van der Waals surface area contributed by atoms with Gasteiger partial charge < -0.3 is 25.4 Å². The first-order valence-corrected chi connectivity index (χ1v) is 13.2. The average Bonchev–Trinajstić information content (AvgIpc) is 3.63. The van der Waals surface area contributed by atoms with E-state index in [0.717, 1.165) is 24.0 Å². The summed E-state index contributed by atoms with van der Waals surface area (Å²) in [6, 6.07) is 10.1. The van der Waals surface area contributed by atoms with Crippen molar-refractivity contribution < 1.29 is 24.2 Å². The molecule has 1 saturated carbocycles. The predicted octanol–water partition coefficient (Wildman–Crippen LogP) is 5.62. The third-order valence-corrected chi connectivity index (χ3v) is 6.36. The number of aryl methyl sites for hydroxylation is 2. The molecular formula is C30H41N3O5. The van der Waals surface area contributed by atoms with Crippen LogP contribution < -0.4 is 10.6 Å². The zero-order valence-electron chi connectivity index (χ0n) is 23.5. The number of phenolic OH excluding ortho intramolecular Hbond substituents is 1. The Morgan fingerprint density at radius 1 is 1.03 bits per heavy atom. The van der Waals surface area contributed by atoms with Crippen LogP contribution in [-0.4, -0.2) is 45.6 Å². The van der Waals surface area contributed by atoms with E-state index in [0.29, 0.717) is 17.7 Å². The number of anilines is 1. The minimum Gasteiger partial charge on any atom is -0.508 e. The van der Waals surface area contributed by atoms with Gasteiger partial charge in [0.05, 0.1) is 0 Å². The minimum atomic E-state index is -0.954. The van der Waals surface area contributed by atoms with Crippen molar-refractivity contribution in [2.24, 2.45) is 5.92 Å². The van der Waals surface area contributed by atoms with Crippen LogP contribution in [0.2, 0.25) is 0 Å². The molecule has 8 heteroatoms. The van der Waals surface area contributed by atoms with E-state index in [-0.39, 0.29) is 29.5 Å². The lowest BCUT2D eigenvalue weighted by atomic mass is 9.98. The number of nitrogens with zero attached hydrogens (tertiary/aromatic N) is 1. The number of nitrogens with one attached hydrogen (secondary N) is 2. The van der Waals surface area contributed by atoms with Crippen molar-refractivity contribution in [2.75, 3.05) is 5.32 Å². The van der Waals surface area contributed by atoms with Gasteiger partial charge in [0.25, 0.3) is 5.91 Å². The average molecular weight is 524 g/mol. The molecule has 3 rings (SSSR count). The lowest BCUT2D eigenvalue weighted by molar-refractivity contribution is -0.141. The highest BCUT2D eigenvalue weighted by molar-refractivity contribution is 6.00. The fraction of sp³-hybridized carbons (Fsp3) is 0.500. The summed E-state index contributed by atoms with van der Waals surface area (Å²) in [5.41, 5.74) is 2.39. The smallest absolute Gasteiger partial charge is 0.408 e. The maximum atomic E-state index is 14.2. The fourth-order valence-corrected chi connectivity index (χ4v) is 4.49. The Morgan fingerprint density at radius 2 is 1.61 bits per heavy atom. The normalized spacial score (nSPS) is 14.9. The van der Waals surface area contributed by atoms with Crippen molar-refractivity contribution in [2.45, 2.75) is 91.5 Å². The molecular weight excluding hydrogens is 482 g/mol. The van der Waals surface area contributed by atoms with Crippen molar-refractivity contribution in [3.63, 3.8) is 0 Å². The Kier molecular flexibility index (Phi) is 9.07. The topological polar surface area (TPSA) is 108 Å². The van der Waals surface area contributed by atoms with E-state index in [4.69, 9.17) is 4.74 Å². The fourth-order valence-electron chi connectivity index (χ4n) is 4.49. The zero-order valence-corrected chi connectivity index (χ0v) is 23.5. The number of hydrogen-bond acceptors (Lipinski definition) is 5. The van der Waals surface area contributed by atoms with E-state index >= 15 is 0 Å². The molecule has 0 radical (unpaired) electrons. The van der Waals surface area contributed by atoms with Gasteiger partial charge in [0.15, 0.2) is 0 Å². The quantitative estimate of drug-likeness (QED) is 0.395. The molecule has 2 aromatic rings. The zero-order chi connectivity index (χ0) is 28.2. The summed E-state index contributed by atoms with van der Waals surface area (Å²) >= 11 is 0.